The van der Waals surface area contributed by atoms with E-state index in [0.717, 1.165) is 139 Å². The van der Waals surface area contributed by atoms with E-state index in [1.165, 1.54) is 193 Å². The van der Waals surface area contributed by atoms with Gasteiger partial charge in [-0.05, 0) is 341 Å². The highest BCUT2D eigenvalue weighted by Crippen LogP contribution is 2.79. The van der Waals surface area contributed by atoms with Crippen LogP contribution in [0, 0.1) is 148 Å². The fraction of sp³-hybridized carbons (Fsp3) is 0.991. The largest absolute Gasteiger partial charge is 0.374 e. The summed E-state index contributed by atoms with van der Waals surface area (Å²) in [6.45, 7) is 95.8. The van der Waals surface area contributed by atoms with Gasteiger partial charge in [-0.15, -0.1) is 0 Å². The quantitative estimate of drug-likeness (QED) is 0.173. The molecule has 19 rings (SSSR count). The molecule has 4 aliphatic heterocycles. The third-order valence-corrected chi connectivity index (χ3v) is 37.0. The molecule has 678 valence electrons. The van der Waals surface area contributed by atoms with Crippen LogP contribution in [0.4, 0.5) is 0 Å². The number of amides is 1. The van der Waals surface area contributed by atoms with Crippen LogP contribution < -0.4 is 0 Å². The van der Waals surface area contributed by atoms with E-state index in [1.54, 1.807) is 0 Å². The van der Waals surface area contributed by atoms with E-state index in [-0.39, 0.29) is 46.3 Å². The van der Waals surface area contributed by atoms with Gasteiger partial charge in [0.2, 0.25) is 5.91 Å². The number of piperidine rings is 2. The Morgan fingerprint density at radius 3 is 0.616 bits per heavy atom. The predicted molar refractivity (Wildman–Crippen MR) is 515 cm³/mol. The molecule has 0 aromatic rings. The molecule has 3 nitrogen and oxygen atoms in total. The molecule has 14 bridgehead atoms. The average molecular weight is 1580 g/mol. The second-order valence-electron chi connectivity index (χ2n) is 43.2. The minimum Gasteiger partial charge on any atom is -0.374 e. The fourth-order valence-corrected chi connectivity index (χ4v) is 26.0. The molecule has 19 fully saturated rings. The summed E-state index contributed by atoms with van der Waals surface area (Å²) < 4.78 is 6.19. The van der Waals surface area contributed by atoms with Crippen LogP contribution in [-0.4, -0.2) is 35.6 Å². The number of ether oxygens (including phenoxy) is 1. The molecular formula is C109H225NO2. The summed E-state index contributed by atoms with van der Waals surface area (Å²) in [7, 11) is 2.03. The first-order valence-corrected chi connectivity index (χ1v) is 49.3. The lowest BCUT2D eigenvalue weighted by Gasteiger charge is -2.75. The zero-order valence-electron chi connectivity index (χ0n) is 83.2. The molecule has 4 saturated heterocycles. The minimum atomic E-state index is -0.0363. The van der Waals surface area contributed by atoms with Crippen LogP contribution in [-0.2, 0) is 9.53 Å². The van der Waals surface area contributed by atoms with E-state index in [1.807, 2.05) is 104 Å². The van der Waals surface area contributed by atoms with Gasteiger partial charge in [0.15, 0.2) is 0 Å². The fourth-order valence-electron chi connectivity index (χ4n) is 26.0. The molecule has 1 amide bonds. The average Bonchev–Trinajstić information content (AvgIpc) is 0.921. The molecule has 3 heteroatoms. The zero-order chi connectivity index (χ0) is 84.3. The monoisotopic (exact) mass is 1580 g/mol. The molecule has 15 aliphatic carbocycles. The Kier molecular flexibility index (Phi) is 50.8. The first kappa shape index (κ1) is 118. The summed E-state index contributed by atoms with van der Waals surface area (Å²) in [4.78, 5) is 14.7. The first-order valence-electron chi connectivity index (χ1n) is 49.3. The summed E-state index contributed by atoms with van der Waals surface area (Å²) >= 11 is 0. The van der Waals surface area contributed by atoms with E-state index < -0.39 is 0 Å². The van der Waals surface area contributed by atoms with Crippen LogP contribution in [0.5, 0.6) is 0 Å². The summed E-state index contributed by atoms with van der Waals surface area (Å²) in [5, 5.41) is 0. The molecule has 112 heavy (non-hydrogen) atoms. The molecule has 15 saturated carbocycles. The number of rotatable bonds is 14. The Hall–Kier alpha value is -0.570. The number of fused-ring (bicyclic) bond motifs is 14. The van der Waals surface area contributed by atoms with Crippen molar-refractivity contribution in [1.29, 1.82) is 0 Å². The van der Waals surface area contributed by atoms with Crippen molar-refractivity contribution in [3.8, 4) is 0 Å². The van der Waals surface area contributed by atoms with Crippen molar-refractivity contribution >= 4 is 5.91 Å². The van der Waals surface area contributed by atoms with E-state index in [0.29, 0.717) is 29.1 Å². The number of carbonyl (C=O) groups is 1. The van der Waals surface area contributed by atoms with Gasteiger partial charge in [0.25, 0.3) is 0 Å². The summed E-state index contributed by atoms with van der Waals surface area (Å²) in [6, 6.07) is 0. The number of carbonyl (C=O) groups excluding carboxylic acids is 1. The number of hydrogen-bond acceptors (Lipinski definition) is 2. The van der Waals surface area contributed by atoms with Gasteiger partial charge >= 0.3 is 0 Å². The van der Waals surface area contributed by atoms with Crippen molar-refractivity contribution in [2.45, 2.75) is 537 Å². The van der Waals surface area contributed by atoms with Gasteiger partial charge in [-0.1, -0.05) is 327 Å². The van der Waals surface area contributed by atoms with Crippen molar-refractivity contribution in [3.63, 3.8) is 0 Å². The highest BCUT2D eigenvalue weighted by atomic mass is 16.5. The van der Waals surface area contributed by atoms with Gasteiger partial charge in [-0.3, -0.25) is 4.79 Å². The van der Waals surface area contributed by atoms with Crippen molar-refractivity contribution in [2.75, 3.05) is 13.7 Å². The Morgan fingerprint density at radius 2 is 0.429 bits per heavy atom. The number of hydrogen-bond donors (Lipinski definition) is 0. The van der Waals surface area contributed by atoms with Gasteiger partial charge in [0.05, 0.1) is 17.6 Å². The second-order valence-corrected chi connectivity index (χ2v) is 43.2. The molecule has 0 aromatic carbocycles. The molecule has 2 atom stereocenters. The lowest BCUT2D eigenvalue weighted by atomic mass is 9.30. The van der Waals surface area contributed by atoms with E-state index in [4.69, 9.17) is 4.74 Å². The molecule has 0 radical (unpaired) electrons. The van der Waals surface area contributed by atoms with Gasteiger partial charge in [-0.2, -0.15) is 0 Å². The van der Waals surface area contributed by atoms with Crippen LogP contribution in [0.15, 0.2) is 0 Å². The third kappa shape index (κ3) is 23.6. The molecule has 2 unspecified atom stereocenters. The SMILES string of the molecule is C.C.C.C.CC.CC.CC.CC.CC.CC.CC.CC(C)C12CC(C(C)C)(C1)C2.CC(C)C12CCC(C(C)C)(C1)C2.CC(C)C12CCC(C(C)C)(CC1)C2.CC(C)C12CCC(C(C)C)(CC1)CC2.CC(C)C12CCC(C(C)C)(CC1)N(C)C2=O.CC(C)C12CCC(C(C)C)(CC1)OC2.CC(C)C12CCCC(C(C)C)(CC1)C2. The van der Waals surface area contributed by atoms with Gasteiger partial charge < -0.3 is 9.64 Å². The Balaban J connectivity index is -0.000000589. The highest BCUT2D eigenvalue weighted by Gasteiger charge is 2.69. The molecule has 19 aliphatic rings. The maximum Gasteiger partial charge on any atom is 0.229 e. The van der Waals surface area contributed by atoms with Crippen LogP contribution in [0.25, 0.3) is 0 Å². The summed E-state index contributed by atoms with van der Waals surface area (Å²) in [5.74, 6) is 12.1. The van der Waals surface area contributed by atoms with Crippen molar-refractivity contribution in [1.82, 2.24) is 4.90 Å². The highest BCUT2D eigenvalue weighted by molar-refractivity contribution is 5.85. The second kappa shape index (κ2) is 48.3. The maximum absolute atomic E-state index is 12.6. The van der Waals surface area contributed by atoms with Gasteiger partial charge in [0.1, 0.15) is 0 Å². The van der Waals surface area contributed by atoms with E-state index in [9.17, 15) is 4.79 Å². The Labute approximate surface area is 714 Å². The molecule has 0 spiro atoms. The summed E-state index contributed by atoms with van der Waals surface area (Å²) in [6.07, 6.45) is 46.5. The van der Waals surface area contributed by atoms with Crippen molar-refractivity contribution in [3.05, 3.63) is 0 Å². The third-order valence-electron chi connectivity index (χ3n) is 37.0. The summed E-state index contributed by atoms with van der Waals surface area (Å²) in [5.41, 5.74) is 8.56. The smallest absolute Gasteiger partial charge is 0.229 e. The topological polar surface area (TPSA) is 29.5 Å². The van der Waals surface area contributed by atoms with Crippen LogP contribution in [0.3, 0.4) is 0 Å². The molecule has 0 N–H and O–H groups in total. The Morgan fingerprint density at radius 1 is 0.223 bits per heavy atom. The van der Waals surface area contributed by atoms with Crippen LogP contribution >= 0.6 is 0 Å². The molecular weight excluding hydrogens is 1360 g/mol. The first-order chi connectivity index (χ1) is 50.4. The van der Waals surface area contributed by atoms with Gasteiger partial charge in [-0.25, -0.2) is 0 Å². The van der Waals surface area contributed by atoms with E-state index in [2.05, 4.69) is 199 Å². The van der Waals surface area contributed by atoms with Crippen molar-refractivity contribution < 1.29 is 9.53 Å². The predicted octanol–water partition coefficient (Wildman–Crippen LogP) is 37.3. The zero-order valence-corrected chi connectivity index (χ0v) is 83.2. The van der Waals surface area contributed by atoms with Crippen LogP contribution in [0.1, 0.15) is 526 Å². The lowest BCUT2D eigenvalue weighted by Crippen LogP contribution is -2.67. The minimum absolute atomic E-state index is 0. The standard InChI is InChI=1S/C14H25NO.2C14H26.C13H24O.C13H24.C12H22.C11H20.7C2H6.4CH4/c1-10(2)13-6-8-14(9-7-13,11(3)4)15(5)12(13)16;1-11(2)13-5-8-14(9-6-13,10-7-13)12(3)4;1-11(2)13-6-5-7-14(10-13,9-8-13)12(3)4;1-10(2)12-5-7-13(8-6-12,11(3)4)14-9-12;1-10(2)12-5-7-13(9-12,8-6-12)11(3)4;1-9(2)11-5-6-12(7-11,8-11)10(3)4;1-8(2)10-5-11(6-10,7-10)9(3)4;7*1-2;;;;/h10-11H,6-9H2,1-5H3;2*11-12H,5-10H2,1-4H3;10-11H,5-9H2,1-4H3;10-11H,5-9H2,1-4H3;9-10H,5-8H2,1-4H3;8-9H,5-7H2,1-4H3;7*1-2H3;4*1H4. The number of nitrogens with zero attached hydrogens (tertiary/aromatic N) is 1. The van der Waals surface area contributed by atoms with Crippen LogP contribution in [0.2, 0.25) is 0 Å². The molecule has 0 aromatic heterocycles. The van der Waals surface area contributed by atoms with Crippen molar-refractivity contribution in [2.24, 2.45) is 148 Å². The normalized spacial score (nSPS) is 36.5. The maximum atomic E-state index is 12.6. The van der Waals surface area contributed by atoms with Gasteiger partial charge in [0, 0.05) is 12.6 Å². The van der Waals surface area contributed by atoms with E-state index >= 15 is 0 Å². The lowest BCUT2D eigenvalue weighted by molar-refractivity contribution is -0.252. The molecule has 4 heterocycles. The Bertz CT molecular complexity index is 2200.